The van der Waals surface area contributed by atoms with Gasteiger partial charge >= 0.3 is 6.16 Å². The average molecular weight is 239 g/mol. The molecule has 0 aromatic heterocycles. The van der Waals surface area contributed by atoms with Crippen molar-refractivity contribution in [2.45, 2.75) is 19.3 Å². The summed E-state index contributed by atoms with van der Waals surface area (Å²) in [6.07, 6.45) is -0.615. The van der Waals surface area contributed by atoms with E-state index in [0.29, 0.717) is 6.42 Å². The second kappa shape index (κ2) is 5.83. The Morgan fingerprint density at radius 1 is 1.47 bits per heavy atom. The van der Waals surface area contributed by atoms with Crippen molar-refractivity contribution >= 4 is 11.8 Å². The van der Waals surface area contributed by atoms with Crippen LogP contribution < -0.4 is 0 Å². The fourth-order valence-corrected chi connectivity index (χ4v) is 1.49. The molecule has 6 heteroatoms. The van der Waals surface area contributed by atoms with Crippen LogP contribution in [0.3, 0.4) is 0 Å². The lowest BCUT2D eigenvalue weighted by molar-refractivity contribution is -0.384. The Bertz CT molecular complexity index is 401. The molecule has 0 heterocycles. The van der Waals surface area contributed by atoms with Crippen molar-refractivity contribution in [2.24, 2.45) is 0 Å². The van der Waals surface area contributed by atoms with Crippen molar-refractivity contribution < 1.29 is 19.6 Å². The summed E-state index contributed by atoms with van der Waals surface area (Å²) in [5.41, 5.74) is 0.849. The topological polar surface area (TPSA) is 89.7 Å². The molecule has 0 spiro atoms. The average Bonchev–Trinajstić information content (AvgIpc) is 2.30. The molecule has 0 fully saturated rings. The van der Waals surface area contributed by atoms with Crippen molar-refractivity contribution in [3.8, 4) is 0 Å². The number of hydrogen-bond acceptors (Lipinski definition) is 4. The Morgan fingerprint density at radius 2 is 2.06 bits per heavy atom. The zero-order chi connectivity index (χ0) is 12.8. The Kier molecular flexibility index (Phi) is 4.45. The molecule has 0 aliphatic carbocycles. The molecule has 1 N–H and O–H groups in total. The SMILES string of the molecule is CCC(COC(=O)O)c1ccc([N+](=O)[O-])cc1. The van der Waals surface area contributed by atoms with Gasteiger partial charge in [0.15, 0.2) is 0 Å². The molecule has 0 saturated heterocycles. The number of carbonyl (C=O) groups is 1. The van der Waals surface area contributed by atoms with Gasteiger partial charge in [-0.2, -0.15) is 0 Å². The van der Waals surface area contributed by atoms with Crippen molar-refractivity contribution in [1.82, 2.24) is 0 Å². The molecule has 0 radical (unpaired) electrons. The first-order valence-corrected chi connectivity index (χ1v) is 5.14. The van der Waals surface area contributed by atoms with Crippen molar-refractivity contribution in [2.75, 3.05) is 6.61 Å². The molecule has 1 rings (SSSR count). The third kappa shape index (κ3) is 3.75. The highest BCUT2D eigenvalue weighted by Crippen LogP contribution is 2.22. The third-order valence-corrected chi connectivity index (χ3v) is 2.48. The van der Waals surface area contributed by atoms with Gasteiger partial charge in [-0.15, -0.1) is 0 Å². The molecule has 0 aliphatic rings. The van der Waals surface area contributed by atoms with Crippen LogP contribution in [0, 0.1) is 10.1 Å². The first-order valence-electron chi connectivity index (χ1n) is 5.14. The van der Waals surface area contributed by atoms with Crippen molar-refractivity contribution in [3.63, 3.8) is 0 Å². The molecule has 0 saturated carbocycles. The van der Waals surface area contributed by atoms with E-state index in [4.69, 9.17) is 5.11 Å². The zero-order valence-corrected chi connectivity index (χ0v) is 9.33. The highest BCUT2D eigenvalue weighted by molar-refractivity contribution is 5.56. The van der Waals surface area contributed by atoms with Gasteiger partial charge < -0.3 is 9.84 Å². The van der Waals surface area contributed by atoms with E-state index in [1.165, 1.54) is 12.1 Å². The van der Waals surface area contributed by atoms with Crippen molar-refractivity contribution in [1.29, 1.82) is 0 Å². The van der Waals surface area contributed by atoms with E-state index < -0.39 is 11.1 Å². The maximum absolute atomic E-state index is 10.5. The van der Waals surface area contributed by atoms with Crippen LogP contribution in [-0.2, 0) is 4.74 Å². The van der Waals surface area contributed by atoms with Gasteiger partial charge in [0, 0.05) is 18.1 Å². The van der Waals surface area contributed by atoms with Crippen LogP contribution in [0.4, 0.5) is 10.5 Å². The molecule has 0 aliphatic heterocycles. The number of non-ortho nitro benzene ring substituents is 1. The van der Waals surface area contributed by atoms with Crippen LogP contribution in [0.1, 0.15) is 24.8 Å². The Labute approximate surface area is 98.0 Å². The second-order valence-electron chi connectivity index (χ2n) is 3.53. The van der Waals surface area contributed by atoms with Crippen LogP contribution >= 0.6 is 0 Å². The summed E-state index contributed by atoms with van der Waals surface area (Å²) >= 11 is 0. The van der Waals surface area contributed by atoms with Crippen LogP contribution in [0.25, 0.3) is 0 Å². The lowest BCUT2D eigenvalue weighted by Crippen LogP contribution is -2.10. The number of ether oxygens (including phenoxy) is 1. The minimum absolute atomic E-state index is 0.0164. The summed E-state index contributed by atoms with van der Waals surface area (Å²) in [6.45, 7) is 1.96. The number of nitro benzene ring substituents is 1. The molecular weight excluding hydrogens is 226 g/mol. The predicted molar refractivity (Wildman–Crippen MR) is 60.1 cm³/mol. The number of benzene rings is 1. The highest BCUT2D eigenvalue weighted by Gasteiger charge is 2.13. The molecule has 92 valence electrons. The summed E-state index contributed by atoms with van der Waals surface area (Å²) in [7, 11) is 0. The van der Waals surface area contributed by atoms with Gasteiger partial charge in [0.25, 0.3) is 5.69 Å². The summed E-state index contributed by atoms with van der Waals surface area (Å²) < 4.78 is 4.51. The van der Waals surface area contributed by atoms with E-state index in [1.54, 1.807) is 12.1 Å². The molecule has 0 amide bonds. The largest absolute Gasteiger partial charge is 0.505 e. The van der Waals surface area contributed by atoms with Crippen LogP contribution in [0.5, 0.6) is 0 Å². The monoisotopic (exact) mass is 239 g/mol. The second-order valence-corrected chi connectivity index (χ2v) is 3.53. The number of hydrogen-bond donors (Lipinski definition) is 1. The highest BCUT2D eigenvalue weighted by atomic mass is 16.7. The van der Waals surface area contributed by atoms with Gasteiger partial charge in [-0.1, -0.05) is 19.1 Å². The van der Waals surface area contributed by atoms with E-state index in [-0.39, 0.29) is 18.2 Å². The standard InChI is InChI=1S/C11H13NO5/c1-2-8(7-17-11(13)14)9-3-5-10(6-4-9)12(15)16/h3-6,8H,2,7H2,1H3,(H,13,14). The summed E-state index contributed by atoms with van der Waals surface area (Å²) in [6, 6.07) is 6.05. The van der Waals surface area contributed by atoms with E-state index in [2.05, 4.69) is 4.74 Å². The molecule has 17 heavy (non-hydrogen) atoms. The lowest BCUT2D eigenvalue weighted by atomic mass is 9.97. The van der Waals surface area contributed by atoms with Crippen molar-refractivity contribution in [3.05, 3.63) is 39.9 Å². The lowest BCUT2D eigenvalue weighted by Gasteiger charge is -2.13. The Morgan fingerprint density at radius 3 is 2.47 bits per heavy atom. The first-order chi connectivity index (χ1) is 8.04. The fraction of sp³-hybridized carbons (Fsp3) is 0.364. The minimum Gasteiger partial charge on any atom is -0.450 e. The quantitative estimate of drug-likeness (QED) is 0.484. The number of nitrogens with zero attached hydrogens (tertiary/aromatic N) is 1. The van der Waals surface area contributed by atoms with Crippen LogP contribution in [0.2, 0.25) is 0 Å². The molecule has 1 unspecified atom stereocenters. The molecule has 1 aromatic carbocycles. The fourth-order valence-electron chi connectivity index (χ4n) is 1.49. The van der Waals surface area contributed by atoms with Gasteiger partial charge in [0.05, 0.1) is 4.92 Å². The molecule has 1 aromatic rings. The molecular formula is C11H13NO5. The van der Waals surface area contributed by atoms with E-state index >= 15 is 0 Å². The van der Waals surface area contributed by atoms with Crippen LogP contribution in [0.15, 0.2) is 24.3 Å². The van der Waals surface area contributed by atoms with Gasteiger partial charge in [-0.25, -0.2) is 4.79 Å². The predicted octanol–water partition coefficient (Wildman–Crippen LogP) is 2.78. The van der Waals surface area contributed by atoms with Gasteiger partial charge in [-0.3, -0.25) is 10.1 Å². The summed E-state index contributed by atoms with van der Waals surface area (Å²) in [4.78, 5) is 20.3. The summed E-state index contributed by atoms with van der Waals surface area (Å²) in [5, 5.41) is 18.9. The Balaban J connectivity index is 2.75. The van der Waals surface area contributed by atoms with E-state index in [9.17, 15) is 14.9 Å². The zero-order valence-electron chi connectivity index (χ0n) is 9.33. The third-order valence-electron chi connectivity index (χ3n) is 2.48. The first kappa shape index (κ1) is 13.0. The molecule has 6 nitrogen and oxygen atoms in total. The van der Waals surface area contributed by atoms with Gasteiger partial charge in [0.2, 0.25) is 0 Å². The summed E-state index contributed by atoms with van der Waals surface area (Å²) in [5.74, 6) is -0.0769. The maximum Gasteiger partial charge on any atom is 0.505 e. The van der Waals surface area contributed by atoms with Gasteiger partial charge in [-0.05, 0) is 12.0 Å². The number of nitro groups is 1. The molecule has 1 atom stereocenters. The van der Waals surface area contributed by atoms with Gasteiger partial charge in [0.1, 0.15) is 6.61 Å². The minimum atomic E-state index is -1.31. The number of carboxylic acid groups (broad SMARTS) is 1. The van der Waals surface area contributed by atoms with E-state index in [1.807, 2.05) is 6.92 Å². The van der Waals surface area contributed by atoms with Crippen LogP contribution in [-0.4, -0.2) is 22.8 Å². The Hall–Kier alpha value is -2.11. The van der Waals surface area contributed by atoms with E-state index in [0.717, 1.165) is 5.56 Å². The maximum atomic E-state index is 10.5. The normalized spacial score (nSPS) is 11.8. The smallest absolute Gasteiger partial charge is 0.450 e. The molecule has 0 bridgehead atoms. The number of rotatable bonds is 5.